The second-order valence-electron chi connectivity index (χ2n) is 4.29. The van der Waals surface area contributed by atoms with Crippen molar-refractivity contribution in [1.82, 2.24) is 0 Å². The Morgan fingerprint density at radius 1 is 0.944 bits per heavy atom. The van der Waals surface area contributed by atoms with Gasteiger partial charge in [0.15, 0.2) is 11.5 Å². The Morgan fingerprint density at radius 3 is 2.28 bits per heavy atom. The summed E-state index contributed by atoms with van der Waals surface area (Å²) < 4.78 is 10.8. The molecule has 92 valence electrons. The maximum Gasteiger partial charge on any atom is 0.231 e. The second kappa shape index (κ2) is 4.94. The molecule has 3 heteroatoms. The maximum atomic E-state index is 5.43. The van der Waals surface area contributed by atoms with E-state index in [-0.39, 0.29) is 0 Å². The van der Waals surface area contributed by atoms with E-state index in [4.69, 9.17) is 9.47 Å². The summed E-state index contributed by atoms with van der Waals surface area (Å²) in [7, 11) is 0. The molecule has 0 N–H and O–H groups in total. The zero-order chi connectivity index (χ0) is 12.4. The largest absolute Gasteiger partial charge is 0.454 e. The van der Waals surface area contributed by atoms with E-state index in [1.165, 1.54) is 16.7 Å². The minimum absolute atomic E-state index is 0.316. The van der Waals surface area contributed by atoms with Gasteiger partial charge in [-0.05, 0) is 35.2 Å². The number of ether oxygens (including phenoxy) is 2. The Bertz CT molecular complexity index is 552. The summed E-state index contributed by atoms with van der Waals surface area (Å²) in [5.41, 5.74) is 3.74. The Kier molecular flexibility index (Phi) is 3.15. The van der Waals surface area contributed by atoms with Crippen molar-refractivity contribution >= 4 is 12.6 Å². The zero-order valence-corrected chi connectivity index (χ0v) is 10.8. The molecule has 2 aromatic carbocycles. The van der Waals surface area contributed by atoms with Crippen LogP contribution in [0.1, 0.15) is 16.7 Å². The molecule has 0 unspecified atom stereocenters. The topological polar surface area (TPSA) is 18.5 Å². The minimum Gasteiger partial charge on any atom is -0.454 e. The quantitative estimate of drug-likeness (QED) is 0.850. The average molecular weight is 258 g/mol. The third-order valence-electron chi connectivity index (χ3n) is 3.10. The molecule has 18 heavy (non-hydrogen) atoms. The summed E-state index contributed by atoms with van der Waals surface area (Å²) in [6.45, 7) is 0.316. The first-order chi connectivity index (χ1) is 8.86. The van der Waals surface area contributed by atoms with Gasteiger partial charge in [0.25, 0.3) is 0 Å². The van der Waals surface area contributed by atoms with E-state index in [0.717, 1.165) is 17.9 Å². The first-order valence-electron chi connectivity index (χ1n) is 5.93. The van der Waals surface area contributed by atoms with Gasteiger partial charge >= 0.3 is 0 Å². The van der Waals surface area contributed by atoms with Gasteiger partial charge in [0.2, 0.25) is 6.79 Å². The first kappa shape index (κ1) is 11.5. The van der Waals surface area contributed by atoms with Crippen LogP contribution in [0.15, 0.2) is 42.5 Å². The van der Waals surface area contributed by atoms with Crippen LogP contribution < -0.4 is 9.47 Å². The molecule has 0 saturated carbocycles. The van der Waals surface area contributed by atoms with Gasteiger partial charge in [-0.2, -0.15) is 12.6 Å². The molecule has 0 spiro atoms. The summed E-state index contributed by atoms with van der Waals surface area (Å²) in [5, 5.41) is 0. The van der Waals surface area contributed by atoms with E-state index < -0.39 is 0 Å². The Balaban J connectivity index is 1.96. The highest BCUT2D eigenvalue weighted by atomic mass is 32.1. The fourth-order valence-corrected chi connectivity index (χ4v) is 2.45. The smallest absolute Gasteiger partial charge is 0.231 e. The van der Waals surface area contributed by atoms with Crippen LogP contribution in [0.4, 0.5) is 0 Å². The van der Waals surface area contributed by atoms with Crippen LogP contribution in [-0.2, 0) is 12.2 Å². The molecular formula is C15H14O2S. The number of benzene rings is 2. The molecule has 1 aliphatic rings. The third kappa shape index (κ3) is 2.18. The van der Waals surface area contributed by atoms with Crippen molar-refractivity contribution in [3.8, 4) is 11.5 Å². The maximum absolute atomic E-state index is 5.43. The fourth-order valence-electron chi connectivity index (χ4n) is 2.15. The number of fused-ring (bicyclic) bond motifs is 1. The molecule has 0 radical (unpaired) electrons. The normalized spacial score (nSPS) is 12.7. The summed E-state index contributed by atoms with van der Waals surface area (Å²) in [6.07, 6.45) is 0.896. The zero-order valence-electron chi connectivity index (χ0n) is 9.93. The molecule has 0 aliphatic carbocycles. The average Bonchev–Trinajstić information content (AvgIpc) is 2.86. The van der Waals surface area contributed by atoms with Crippen LogP contribution in [0.3, 0.4) is 0 Å². The molecule has 3 rings (SSSR count). The van der Waals surface area contributed by atoms with Crippen LogP contribution in [0.2, 0.25) is 0 Å². The van der Waals surface area contributed by atoms with Crippen molar-refractivity contribution in [3.05, 3.63) is 59.2 Å². The van der Waals surface area contributed by atoms with Crippen molar-refractivity contribution in [3.63, 3.8) is 0 Å². The Labute approximate surface area is 112 Å². The van der Waals surface area contributed by atoms with Crippen LogP contribution in [0.5, 0.6) is 11.5 Å². The van der Waals surface area contributed by atoms with Gasteiger partial charge in [-0.3, -0.25) is 0 Å². The van der Waals surface area contributed by atoms with Crippen LogP contribution in [-0.4, -0.2) is 6.79 Å². The third-order valence-corrected chi connectivity index (χ3v) is 3.44. The van der Waals surface area contributed by atoms with Crippen molar-refractivity contribution < 1.29 is 9.47 Å². The highest BCUT2D eigenvalue weighted by molar-refractivity contribution is 7.79. The molecule has 2 aromatic rings. The molecule has 0 bridgehead atoms. The van der Waals surface area contributed by atoms with Gasteiger partial charge in [0, 0.05) is 5.75 Å². The fraction of sp³-hybridized carbons (Fsp3) is 0.200. The lowest BCUT2D eigenvalue weighted by Crippen LogP contribution is -1.94. The lowest BCUT2D eigenvalue weighted by molar-refractivity contribution is 0.174. The molecule has 2 nitrogen and oxygen atoms in total. The standard InChI is InChI=1S/C15H14O2S/c18-9-13-8-15-14(16-10-17-15)7-12(13)6-11-4-2-1-3-5-11/h1-5,7-8,18H,6,9-10H2. The lowest BCUT2D eigenvalue weighted by atomic mass is 10.00. The van der Waals surface area contributed by atoms with Crippen molar-refractivity contribution in [2.45, 2.75) is 12.2 Å². The summed E-state index contributed by atoms with van der Waals surface area (Å²) in [4.78, 5) is 0. The van der Waals surface area contributed by atoms with E-state index in [2.05, 4.69) is 43.0 Å². The van der Waals surface area contributed by atoms with Gasteiger partial charge in [-0.15, -0.1) is 0 Å². The van der Waals surface area contributed by atoms with Crippen LogP contribution >= 0.6 is 12.6 Å². The van der Waals surface area contributed by atoms with Gasteiger partial charge in [-0.1, -0.05) is 30.3 Å². The molecule has 1 aliphatic heterocycles. The van der Waals surface area contributed by atoms with E-state index >= 15 is 0 Å². The minimum atomic E-state index is 0.316. The SMILES string of the molecule is SCc1cc2c(cc1Cc1ccccc1)OCO2. The van der Waals surface area contributed by atoms with Crippen LogP contribution in [0.25, 0.3) is 0 Å². The highest BCUT2D eigenvalue weighted by Gasteiger charge is 2.16. The molecule has 1 heterocycles. The number of rotatable bonds is 3. The molecule has 0 atom stereocenters. The number of hydrogen-bond donors (Lipinski definition) is 1. The van der Waals surface area contributed by atoms with Gasteiger partial charge in [-0.25, -0.2) is 0 Å². The summed E-state index contributed by atoms with van der Waals surface area (Å²) in [6, 6.07) is 14.5. The van der Waals surface area contributed by atoms with E-state index in [1.54, 1.807) is 0 Å². The van der Waals surface area contributed by atoms with E-state index in [9.17, 15) is 0 Å². The molecule has 0 fully saturated rings. The number of thiol groups is 1. The molecular weight excluding hydrogens is 244 g/mol. The lowest BCUT2D eigenvalue weighted by Gasteiger charge is -2.09. The van der Waals surface area contributed by atoms with E-state index in [0.29, 0.717) is 12.5 Å². The molecule has 0 saturated heterocycles. The highest BCUT2D eigenvalue weighted by Crippen LogP contribution is 2.36. The van der Waals surface area contributed by atoms with Gasteiger partial charge in [0.1, 0.15) is 0 Å². The Hall–Kier alpha value is -1.61. The monoisotopic (exact) mass is 258 g/mol. The van der Waals surface area contributed by atoms with Gasteiger partial charge < -0.3 is 9.47 Å². The summed E-state index contributed by atoms with van der Waals surface area (Å²) >= 11 is 4.39. The summed E-state index contributed by atoms with van der Waals surface area (Å²) in [5.74, 6) is 2.38. The van der Waals surface area contributed by atoms with Crippen molar-refractivity contribution in [2.75, 3.05) is 6.79 Å². The van der Waals surface area contributed by atoms with Gasteiger partial charge in [0.05, 0.1) is 0 Å². The predicted molar refractivity (Wildman–Crippen MR) is 74.5 cm³/mol. The Morgan fingerprint density at radius 2 is 1.61 bits per heavy atom. The van der Waals surface area contributed by atoms with Crippen molar-refractivity contribution in [2.24, 2.45) is 0 Å². The first-order valence-corrected chi connectivity index (χ1v) is 6.56. The predicted octanol–water partition coefficient (Wildman–Crippen LogP) is 3.44. The molecule has 0 aromatic heterocycles. The van der Waals surface area contributed by atoms with Crippen LogP contribution in [0, 0.1) is 0 Å². The van der Waals surface area contributed by atoms with Crippen molar-refractivity contribution in [1.29, 1.82) is 0 Å². The number of hydrogen-bond acceptors (Lipinski definition) is 3. The van der Waals surface area contributed by atoms with E-state index in [1.807, 2.05) is 12.1 Å². The molecule has 0 amide bonds. The second-order valence-corrected chi connectivity index (χ2v) is 4.61.